The molecular weight excluding hydrogens is 386 g/mol. The van der Waals surface area contributed by atoms with Gasteiger partial charge in [-0.2, -0.15) is 5.10 Å². The van der Waals surface area contributed by atoms with E-state index in [0.717, 1.165) is 16.9 Å². The van der Waals surface area contributed by atoms with E-state index in [1.165, 1.54) is 10.7 Å². The van der Waals surface area contributed by atoms with Crippen LogP contribution in [0.4, 0.5) is 0 Å². The lowest BCUT2D eigenvalue weighted by atomic mass is 10.1. The van der Waals surface area contributed by atoms with Crippen LogP contribution in [-0.2, 0) is 11.3 Å². The highest BCUT2D eigenvalue weighted by atomic mass is 16.7. The minimum Gasteiger partial charge on any atom is -0.497 e. The number of benzene rings is 2. The SMILES string of the molecule is COc1ccc(CNC(=O)C(C)n2nc(-c3ccc4c(c3)OCO4)ccc2=O)cc1. The topological polar surface area (TPSA) is 91.7 Å². The van der Waals surface area contributed by atoms with Crippen molar-refractivity contribution in [2.75, 3.05) is 13.9 Å². The first kappa shape index (κ1) is 19.5. The van der Waals surface area contributed by atoms with Gasteiger partial charge in [0.2, 0.25) is 12.7 Å². The molecule has 0 saturated carbocycles. The second-order valence-electron chi connectivity index (χ2n) is 6.81. The van der Waals surface area contributed by atoms with E-state index < -0.39 is 6.04 Å². The highest BCUT2D eigenvalue weighted by Gasteiger charge is 2.19. The summed E-state index contributed by atoms with van der Waals surface area (Å²) in [6, 6.07) is 15.1. The highest BCUT2D eigenvalue weighted by Crippen LogP contribution is 2.35. The summed E-state index contributed by atoms with van der Waals surface area (Å²) in [7, 11) is 1.60. The normalized spacial score (nSPS) is 13.0. The van der Waals surface area contributed by atoms with Gasteiger partial charge in [-0.05, 0) is 48.9 Å². The van der Waals surface area contributed by atoms with Crippen LogP contribution in [0.5, 0.6) is 17.2 Å². The molecule has 1 atom stereocenters. The molecule has 2 aromatic carbocycles. The standard InChI is InChI=1S/C22H21N3O5/c1-14(22(27)23-12-15-3-6-17(28-2)7-4-15)25-21(26)10-8-18(24-25)16-5-9-19-20(11-16)30-13-29-19/h3-11,14H,12-13H2,1-2H3,(H,23,27). The molecule has 4 rings (SSSR count). The summed E-state index contributed by atoms with van der Waals surface area (Å²) >= 11 is 0. The Morgan fingerprint density at radius 1 is 1.13 bits per heavy atom. The van der Waals surface area contributed by atoms with Gasteiger partial charge in [-0.25, -0.2) is 4.68 Å². The fourth-order valence-corrected chi connectivity index (χ4v) is 3.10. The Hall–Kier alpha value is -3.81. The number of methoxy groups -OCH3 is 1. The van der Waals surface area contributed by atoms with E-state index in [-0.39, 0.29) is 18.3 Å². The molecule has 154 valence electrons. The lowest BCUT2D eigenvalue weighted by molar-refractivity contribution is -0.124. The Kier molecular flexibility index (Phi) is 5.38. The van der Waals surface area contributed by atoms with Crippen LogP contribution in [-0.4, -0.2) is 29.6 Å². The van der Waals surface area contributed by atoms with Crippen molar-refractivity contribution >= 4 is 5.91 Å². The zero-order valence-corrected chi connectivity index (χ0v) is 16.6. The smallest absolute Gasteiger partial charge is 0.267 e. The Morgan fingerprint density at radius 2 is 1.90 bits per heavy atom. The number of aromatic nitrogens is 2. The van der Waals surface area contributed by atoms with Crippen LogP contribution in [0.2, 0.25) is 0 Å². The highest BCUT2D eigenvalue weighted by molar-refractivity contribution is 5.79. The van der Waals surface area contributed by atoms with Crippen molar-refractivity contribution in [2.45, 2.75) is 19.5 Å². The lowest BCUT2D eigenvalue weighted by Crippen LogP contribution is -2.36. The van der Waals surface area contributed by atoms with Crippen molar-refractivity contribution in [3.63, 3.8) is 0 Å². The summed E-state index contributed by atoms with van der Waals surface area (Å²) in [5, 5.41) is 7.24. The molecule has 30 heavy (non-hydrogen) atoms. The molecule has 0 aliphatic carbocycles. The molecule has 0 saturated heterocycles. The molecule has 0 fully saturated rings. The first-order valence-corrected chi connectivity index (χ1v) is 9.45. The number of nitrogens with one attached hydrogen (secondary N) is 1. The van der Waals surface area contributed by atoms with E-state index in [4.69, 9.17) is 14.2 Å². The second-order valence-corrected chi connectivity index (χ2v) is 6.81. The fraction of sp³-hybridized carbons (Fsp3) is 0.227. The Balaban J connectivity index is 1.50. The molecule has 1 N–H and O–H groups in total. The lowest BCUT2D eigenvalue weighted by Gasteiger charge is -2.15. The van der Waals surface area contributed by atoms with Gasteiger partial charge in [0.05, 0.1) is 12.8 Å². The number of hydrogen-bond acceptors (Lipinski definition) is 6. The van der Waals surface area contributed by atoms with E-state index in [2.05, 4.69) is 10.4 Å². The molecular formula is C22H21N3O5. The number of hydrogen-bond donors (Lipinski definition) is 1. The van der Waals surface area contributed by atoms with E-state index in [1.54, 1.807) is 32.2 Å². The van der Waals surface area contributed by atoms with Crippen LogP contribution in [0.3, 0.4) is 0 Å². The molecule has 2 heterocycles. The number of ether oxygens (including phenoxy) is 3. The summed E-state index contributed by atoms with van der Waals surface area (Å²) in [5.41, 5.74) is 1.89. The van der Waals surface area contributed by atoms with Crippen molar-refractivity contribution in [1.29, 1.82) is 0 Å². The van der Waals surface area contributed by atoms with Crippen molar-refractivity contribution < 1.29 is 19.0 Å². The summed E-state index contributed by atoms with van der Waals surface area (Å²) in [4.78, 5) is 25.0. The maximum Gasteiger partial charge on any atom is 0.267 e. The Morgan fingerprint density at radius 3 is 2.67 bits per heavy atom. The Bertz CT molecular complexity index is 1120. The number of carbonyl (C=O) groups is 1. The van der Waals surface area contributed by atoms with Gasteiger partial charge in [-0.3, -0.25) is 9.59 Å². The fourth-order valence-electron chi connectivity index (χ4n) is 3.10. The molecule has 1 aliphatic heterocycles. The van der Waals surface area contributed by atoms with Crippen LogP contribution < -0.4 is 25.1 Å². The predicted molar refractivity (Wildman–Crippen MR) is 110 cm³/mol. The van der Waals surface area contributed by atoms with E-state index in [0.29, 0.717) is 23.7 Å². The van der Waals surface area contributed by atoms with Crippen molar-refractivity contribution in [3.05, 3.63) is 70.5 Å². The monoisotopic (exact) mass is 407 g/mol. The average Bonchev–Trinajstić information content (AvgIpc) is 3.25. The van der Waals surface area contributed by atoms with Gasteiger partial charge in [0.25, 0.3) is 5.56 Å². The molecule has 1 aliphatic rings. The molecule has 0 spiro atoms. The molecule has 0 radical (unpaired) electrons. The number of rotatable bonds is 6. The Labute approximate surface area is 173 Å². The van der Waals surface area contributed by atoms with Crippen molar-refractivity contribution in [1.82, 2.24) is 15.1 Å². The first-order chi connectivity index (χ1) is 14.5. The molecule has 0 bridgehead atoms. The number of fused-ring (bicyclic) bond motifs is 1. The van der Waals surface area contributed by atoms with Crippen LogP contribution in [0, 0.1) is 0 Å². The zero-order chi connectivity index (χ0) is 21.1. The van der Waals surface area contributed by atoms with Gasteiger partial charge in [-0.1, -0.05) is 12.1 Å². The molecule has 1 amide bonds. The van der Waals surface area contributed by atoms with Crippen molar-refractivity contribution in [3.8, 4) is 28.5 Å². The first-order valence-electron chi connectivity index (χ1n) is 9.45. The minimum absolute atomic E-state index is 0.178. The van der Waals surface area contributed by atoms with Crippen LogP contribution in [0.15, 0.2) is 59.4 Å². The van der Waals surface area contributed by atoms with Crippen molar-refractivity contribution in [2.24, 2.45) is 0 Å². The van der Waals surface area contributed by atoms with Gasteiger partial charge in [0, 0.05) is 18.2 Å². The number of nitrogens with zero attached hydrogens (tertiary/aromatic N) is 2. The number of amides is 1. The van der Waals surface area contributed by atoms with E-state index in [9.17, 15) is 9.59 Å². The van der Waals surface area contributed by atoms with Crippen LogP contribution >= 0.6 is 0 Å². The van der Waals surface area contributed by atoms with Gasteiger partial charge in [-0.15, -0.1) is 0 Å². The molecule has 1 aromatic heterocycles. The van der Waals surface area contributed by atoms with E-state index >= 15 is 0 Å². The summed E-state index contributed by atoms with van der Waals surface area (Å²) in [5.74, 6) is 1.73. The maximum atomic E-state index is 12.6. The summed E-state index contributed by atoms with van der Waals surface area (Å²) < 4.78 is 17.0. The molecule has 8 heteroatoms. The molecule has 3 aromatic rings. The van der Waals surface area contributed by atoms with E-state index in [1.807, 2.05) is 30.3 Å². The molecule has 8 nitrogen and oxygen atoms in total. The third-order valence-corrected chi connectivity index (χ3v) is 4.87. The third-order valence-electron chi connectivity index (χ3n) is 4.87. The van der Waals surface area contributed by atoms with Gasteiger partial charge in [0.15, 0.2) is 11.5 Å². The summed E-state index contributed by atoms with van der Waals surface area (Å²) in [6.07, 6.45) is 0. The largest absolute Gasteiger partial charge is 0.497 e. The van der Waals surface area contributed by atoms with Gasteiger partial charge in [0.1, 0.15) is 11.8 Å². The van der Waals surface area contributed by atoms with Crippen LogP contribution in [0.1, 0.15) is 18.5 Å². The van der Waals surface area contributed by atoms with Gasteiger partial charge >= 0.3 is 0 Å². The van der Waals surface area contributed by atoms with Crippen LogP contribution in [0.25, 0.3) is 11.3 Å². The van der Waals surface area contributed by atoms with Gasteiger partial charge < -0.3 is 19.5 Å². The zero-order valence-electron chi connectivity index (χ0n) is 16.6. The maximum absolute atomic E-state index is 12.6. The number of carbonyl (C=O) groups excluding carboxylic acids is 1. The average molecular weight is 407 g/mol. The molecule has 1 unspecified atom stereocenters. The second kappa shape index (κ2) is 8.28. The minimum atomic E-state index is -0.773. The summed E-state index contributed by atoms with van der Waals surface area (Å²) in [6.45, 7) is 2.15. The predicted octanol–water partition coefficient (Wildman–Crippen LogP) is 2.53. The quantitative estimate of drug-likeness (QED) is 0.675. The third kappa shape index (κ3) is 3.98.